The number of hydrogen-bond acceptors (Lipinski definition) is 8. The lowest BCUT2D eigenvalue weighted by atomic mass is 10.2. The zero-order chi connectivity index (χ0) is 21.7. The summed E-state index contributed by atoms with van der Waals surface area (Å²) in [5.74, 6) is -1.00. The summed E-state index contributed by atoms with van der Waals surface area (Å²) in [6, 6.07) is 3.81. The zero-order valence-electron chi connectivity index (χ0n) is 16.5. The predicted molar refractivity (Wildman–Crippen MR) is 117 cm³/mol. The lowest BCUT2D eigenvalue weighted by Crippen LogP contribution is -1.95. The van der Waals surface area contributed by atoms with Crippen LogP contribution in [0.3, 0.4) is 0 Å². The lowest BCUT2D eigenvalue weighted by molar-refractivity contribution is 0.0691. The Kier molecular flexibility index (Phi) is 6.76. The first kappa shape index (κ1) is 21.4. The maximum atomic E-state index is 11.1. The summed E-state index contributed by atoms with van der Waals surface area (Å²) in [6.07, 6.45) is 6.92. The summed E-state index contributed by atoms with van der Waals surface area (Å²) in [4.78, 5) is 38.1. The monoisotopic (exact) mass is 438 g/mol. The summed E-state index contributed by atoms with van der Waals surface area (Å²) < 4.78 is 0. The number of pyridine rings is 2. The Morgan fingerprint density at radius 3 is 1.67 bits per heavy atom. The van der Waals surface area contributed by atoms with Crippen LogP contribution in [0, 0.1) is 13.8 Å². The molecule has 9 heteroatoms. The van der Waals surface area contributed by atoms with Gasteiger partial charge < -0.3 is 5.11 Å². The molecule has 4 aromatic rings. The van der Waals surface area contributed by atoms with Crippen molar-refractivity contribution >= 4 is 34.4 Å². The molecule has 0 aliphatic heterocycles. The third-order valence-corrected chi connectivity index (χ3v) is 5.88. The van der Waals surface area contributed by atoms with Gasteiger partial charge in [0.2, 0.25) is 0 Å². The smallest absolute Gasteiger partial charge is 0.355 e. The van der Waals surface area contributed by atoms with Crippen molar-refractivity contribution in [3.63, 3.8) is 0 Å². The molecule has 0 unspecified atom stereocenters. The molecule has 0 saturated carbocycles. The van der Waals surface area contributed by atoms with Crippen LogP contribution >= 0.6 is 22.7 Å². The highest BCUT2D eigenvalue weighted by Gasteiger charge is 2.11. The van der Waals surface area contributed by atoms with Crippen molar-refractivity contribution in [1.29, 1.82) is 0 Å². The minimum Gasteiger partial charge on any atom is -0.476 e. The van der Waals surface area contributed by atoms with E-state index in [-0.39, 0.29) is 11.5 Å². The molecule has 0 aromatic carbocycles. The fourth-order valence-electron chi connectivity index (χ4n) is 2.43. The van der Waals surface area contributed by atoms with Gasteiger partial charge in [-0.15, -0.1) is 22.7 Å². The summed E-state index contributed by atoms with van der Waals surface area (Å²) >= 11 is 2.79. The molecule has 4 aromatic heterocycles. The molecule has 0 atom stereocenters. The molecule has 7 nitrogen and oxygen atoms in total. The van der Waals surface area contributed by atoms with Crippen LogP contribution < -0.4 is 0 Å². The average Bonchev–Trinajstić information content (AvgIpc) is 3.39. The van der Waals surface area contributed by atoms with Crippen LogP contribution in [0.25, 0.3) is 21.1 Å². The van der Waals surface area contributed by atoms with E-state index < -0.39 is 5.97 Å². The van der Waals surface area contributed by atoms with Crippen molar-refractivity contribution < 1.29 is 14.7 Å². The van der Waals surface area contributed by atoms with Gasteiger partial charge in [0.25, 0.3) is 0 Å². The van der Waals surface area contributed by atoms with E-state index in [2.05, 4.69) is 19.9 Å². The molecule has 0 bridgehead atoms. The molecule has 0 aliphatic carbocycles. The number of aryl methyl sites for hydroxylation is 2. The summed E-state index contributed by atoms with van der Waals surface area (Å²) in [5, 5.41) is 13.6. The normalized spacial score (nSPS) is 10.2. The fraction of sp³-hybridized carbons (Fsp3) is 0.143. The second-order valence-electron chi connectivity index (χ2n) is 6.32. The Labute approximate surface area is 181 Å². The van der Waals surface area contributed by atoms with E-state index >= 15 is 0 Å². The first-order valence-corrected chi connectivity index (χ1v) is 10.6. The number of thiazole rings is 2. The van der Waals surface area contributed by atoms with Crippen LogP contribution in [0.1, 0.15) is 39.0 Å². The Bertz CT molecular complexity index is 1110. The number of carbonyl (C=O) groups is 2. The Morgan fingerprint density at radius 1 is 0.833 bits per heavy atom. The van der Waals surface area contributed by atoms with Crippen molar-refractivity contribution in [2.75, 3.05) is 0 Å². The van der Waals surface area contributed by atoms with Crippen LogP contribution in [-0.2, 0) is 0 Å². The maximum absolute atomic E-state index is 11.1. The minimum absolute atomic E-state index is 0.000886. The number of aromatic carboxylic acids is 1. The topological polar surface area (TPSA) is 106 Å². The highest BCUT2D eigenvalue weighted by Crippen LogP contribution is 2.26. The van der Waals surface area contributed by atoms with E-state index in [1.807, 2.05) is 26.0 Å². The molecule has 152 valence electrons. The highest BCUT2D eigenvalue weighted by molar-refractivity contribution is 7.13. The van der Waals surface area contributed by atoms with Crippen molar-refractivity contribution in [2.24, 2.45) is 0 Å². The molecule has 0 saturated heterocycles. The van der Waals surface area contributed by atoms with Gasteiger partial charge in [-0.1, -0.05) is 0 Å². The van der Waals surface area contributed by atoms with E-state index in [4.69, 9.17) is 5.11 Å². The van der Waals surface area contributed by atoms with E-state index in [0.717, 1.165) is 27.3 Å². The lowest BCUT2D eigenvalue weighted by Gasteiger charge is -1.99. The van der Waals surface area contributed by atoms with E-state index in [1.54, 1.807) is 30.2 Å². The average molecular weight is 439 g/mol. The summed E-state index contributed by atoms with van der Waals surface area (Å²) in [5.41, 5.74) is 4.65. The first-order valence-electron chi connectivity index (χ1n) is 8.84. The van der Waals surface area contributed by atoms with Crippen molar-refractivity contribution in [3.05, 3.63) is 70.2 Å². The van der Waals surface area contributed by atoms with Crippen LogP contribution in [0.4, 0.5) is 0 Å². The highest BCUT2D eigenvalue weighted by atomic mass is 32.1. The van der Waals surface area contributed by atoms with Gasteiger partial charge in [0.15, 0.2) is 11.5 Å². The van der Waals surface area contributed by atoms with Gasteiger partial charge in [0.05, 0.1) is 0 Å². The standard InChI is InChI=1S/C11H10N2OS.C10H8N2O2S/c1-7-3-4-12-5-9(7)11-13-10(6-15-11)8(2)14;1-6-2-3-11-4-7(6)9-12-8(5-15-9)10(13)14/h3-6H,1-2H3;2-5H,1H3,(H,13,14). The van der Waals surface area contributed by atoms with Gasteiger partial charge in [-0.3, -0.25) is 14.8 Å². The number of aromatic nitrogens is 4. The Morgan fingerprint density at radius 2 is 1.30 bits per heavy atom. The molecule has 30 heavy (non-hydrogen) atoms. The molecule has 0 aliphatic rings. The van der Waals surface area contributed by atoms with Gasteiger partial charge >= 0.3 is 5.97 Å². The third-order valence-electron chi connectivity index (χ3n) is 4.13. The number of carboxylic acid groups (broad SMARTS) is 1. The van der Waals surface area contributed by atoms with Crippen molar-refractivity contribution in [2.45, 2.75) is 20.8 Å². The molecule has 4 rings (SSSR count). The van der Waals surface area contributed by atoms with Gasteiger partial charge in [0.1, 0.15) is 15.7 Å². The zero-order valence-corrected chi connectivity index (χ0v) is 18.1. The van der Waals surface area contributed by atoms with Gasteiger partial charge in [0, 0.05) is 53.6 Å². The van der Waals surface area contributed by atoms with E-state index in [9.17, 15) is 9.59 Å². The molecular weight excluding hydrogens is 420 g/mol. The predicted octanol–water partition coefficient (Wildman–Crippen LogP) is 4.93. The van der Waals surface area contributed by atoms with Crippen LogP contribution in [0.15, 0.2) is 47.7 Å². The fourth-order valence-corrected chi connectivity index (χ4v) is 4.23. The molecule has 1 N–H and O–H groups in total. The molecule has 0 amide bonds. The van der Waals surface area contributed by atoms with Gasteiger partial charge in [-0.05, 0) is 37.1 Å². The number of nitrogens with zero attached hydrogens (tertiary/aromatic N) is 4. The molecule has 4 heterocycles. The van der Waals surface area contributed by atoms with Crippen molar-refractivity contribution in [1.82, 2.24) is 19.9 Å². The molecule has 0 radical (unpaired) electrons. The largest absolute Gasteiger partial charge is 0.476 e. The maximum Gasteiger partial charge on any atom is 0.355 e. The Hall–Kier alpha value is -3.30. The molecular formula is C21H18N4O3S2. The second kappa shape index (κ2) is 9.47. The number of carbonyl (C=O) groups excluding carboxylic acids is 1. The van der Waals surface area contributed by atoms with Crippen LogP contribution in [-0.4, -0.2) is 36.8 Å². The third kappa shape index (κ3) is 5.00. The van der Waals surface area contributed by atoms with E-state index in [0.29, 0.717) is 10.7 Å². The number of rotatable bonds is 4. The Balaban J connectivity index is 0.000000171. The van der Waals surface area contributed by atoms with Crippen LogP contribution in [0.2, 0.25) is 0 Å². The number of Topliss-reactive ketones (excluding diaryl/α,β-unsaturated/α-hetero) is 1. The van der Waals surface area contributed by atoms with E-state index in [1.165, 1.54) is 35.0 Å². The van der Waals surface area contributed by atoms with Gasteiger partial charge in [-0.25, -0.2) is 14.8 Å². The minimum atomic E-state index is -1.00. The SMILES string of the molecule is CC(=O)c1csc(-c2cnccc2C)n1.Cc1ccncc1-c1nc(C(=O)O)cs1. The summed E-state index contributed by atoms with van der Waals surface area (Å²) in [6.45, 7) is 5.47. The number of hydrogen-bond donors (Lipinski definition) is 1. The number of carboxylic acids is 1. The van der Waals surface area contributed by atoms with Crippen molar-refractivity contribution in [3.8, 4) is 21.1 Å². The molecule has 0 spiro atoms. The van der Waals surface area contributed by atoms with Crippen LogP contribution in [0.5, 0.6) is 0 Å². The first-order chi connectivity index (χ1) is 14.4. The quantitative estimate of drug-likeness (QED) is 0.450. The van der Waals surface area contributed by atoms with Gasteiger partial charge in [-0.2, -0.15) is 0 Å². The second-order valence-corrected chi connectivity index (χ2v) is 8.03. The molecule has 0 fully saturated rings. The summed E-state index contributed by atoms with van der Waals surface area (Å²) in [7, 11) is 0. The number of ketones is 1.